The zero-order chi connectivity index (χ0) is 15.0. The van der Waals surface area contributed by atoms with E-state index in [4.69, 9.17) is 0 Å². The van der Waals surface area contributed by atoms with Crippen LogP contribution in [0.3, 0.4) is 0 Å². The highest BCUT2D eigenvalue weighted by molar-refractivity contribution is 9.10. The quantitative estimate of drug-likeness (QED) is 0.470. The van der Waals surface area contributed by atoms with Crippen molar-refractivity contribution in [2.75, 3.05) is 0 Å². The van der Waals surface area contributed by atoms with Crippen LogP contribution < -0.4 is 0 Å². The molecule has 0 heterocycles. The van der Waals surface area contributed by atoms with Gasteiger partial charge in [0.2, 0.25) is 0 Å². The molecular formula is C20H19Br. The molecule has 3 aromatic carbocycles. The second kappa shape index (κ2) is 5.31. The normalized spacial score (nSPS) is 11.8. The van der Waals surface area contributed by atoms with E-state index in [1.54, 1.807) is 0 Å². The van der Waals surface area contributed by atoms with E-state index in [-0.39, 0.29) is 5.41 Å². The van der Waals surface area contributed by atoms with E-state index in [1.165, 1.54) is 27.5 Å². The Morgan fingerprint density at radius 2 is 1.29 bits per heavy atom. The molecule has 0 saturated carbocycles. The number of benzene rings is 3. The Morgan fingerprint density at radius 1 is 0.667 bits per heavy atom. The molecule has 0 aliphatic rings. The van der Waals surface area contributed by atoms with Crippen LogP contribution in [0.1, 0.15) is 26.3 Å². The van der Waals surface area contributed by atoms with Crippen LogP contribution >= 0.6 is 15.9 Å². The van der Waals surface area contributed by atoms with Crippen LogP contribution in [0, 0.1) is 0 Å². The molecule has 0 nitrogen and oxygen atoms in total. The van der Waals surface area contributed by atoms with Crippen molar-refractivity contribution in [3.8, 4) is 11.1 Å². The molecule has 0 aliphatic carbocycles. The van der Waals surface area contributed by atoms with Crippen molar-refractivity contribution in [1.29, 1.82) is 0 Å². The first-order valence-corrected chi connectivity index (χ1v) is 8.05. The van der Waals surface area contributed by atoms with E-state index in [9.17, 15) is 0 Å². The molecule has 0 fully saturated rings. The molecule has 0 aromatic heterocycles. The maximum Gasteiger partial charge on any atom is 0.0254 e. The maximum atomic E-state index is 3.66. The van der Waals surface area contributed by atoms with Crippen LogP contribution in [-0.2, 0) is 5.41 Å². The minimum absolute atomic E-state index is 0.130. The van der Waals surface area contributed by atoms with E-state index in [1.807, 2.05) is 0 Å². The second-order valence-electron chi connectivity index (χ2n) is 6.44. The molecule has 0 amide bonds. The summed E-state index contributed by atoms with van der Waals surface area (Å²) in [5.41, 5.74) is 4.15. The van der Waals surface area contributed by atoms with Crippen LogP contribution in [0.5, 0.6) is 0 Å². The summed E-state index contributed by atoms with van der Waals surface area (Å²) in [6, 6.07) is 21.7. The Kier molecular flexibility index (Phi) is 3.62. The van der Waals surface area contributed by atoms with Crippen LogP contribution in [0.25, 0.3) is 21.9 Å². The van der Waals surface area contributed by atoms with Crippen molar-refractivity contribution in [2.24, 2.45) is 0 Å². The summed E-state index contributed by atoms with van der Waals surface area (Å²) in [6.45, 7) is 6.81. The molecule has 0 radical (unpaired) electrons. The van der Waals surface area contributed by atoms with Gasteiger partial charge >= 0.3 is 0 Å². The van der Waals surface area contributed by atoms with Gasteiger partial charge in [0.15, 0.2) is 0 Å². The average Bonchev–Trinajstić information content (AvgIpc) is 2.47. The summed E-state index contributed by atoms with van der Waals surface area (Å²) in [6.07, 6.45) is 0. The molecule has 21 heavy (non-hydrogen) atoms. The van der Waals surface area contributed by atoms with Gasteiger partial charge in [0, 0.05) is 4.47 Å². The summed E-state index contributed by atoms with van der Waals surface area (Å²) in [7, 11) is 0. The summed E-state index contributed by atoms with van der Waals surface area (Å²) >= 11 is 3.66. The lowest BCUT2D eigenvalue weighted by Crippen LogP contribution is -2.12. The van der Waals surface area contributed by atoms with Crippen LogP contribution in [0.4, 0.5) is 0 Å². The van der Waals surface area contributed by atoms with Gasteiger partial charge < -0.3 is 0 Å². The third-order valence-electron chi connectivity index (χ3n) is 3.90. The van der Waals surface area contributed by atoms with Gasteiger partial charge in [-0.2, -0.15) is 0 Å². The number of halogens is 1. The molecule has 106 valence electrons. The van der Waals surface area contributed by atoms with Crippen LogP contribution in [0.15, 0.2) is 65.1 Å². The Hall–Kier alpha value is -1.60. The fraction of sp³-hybridized carbons (Fsp3) is 0.200. The molecule has 0 aliphatic heterocycles. The zero-order valence-electron chi connectivity index (χ0n) is 12.7. The van der Waals surface area contributed by atoms with Gasteiger partial charge in [-0.05, 0) is 38.9 Å². The van der Waals surface area contributed by atoms with Crippen LogP contribution in [0.2, 0.25) is 0 Å². The standard InChI is InChI=1S/C20H19Br/c1-20(2,3)18-11-7-6-9-16(18)15-12-13-19(21)17-10-5-4-8-14(15)17/h4-13H,1-3H3. The summed E-state index contributed by atoms with van der Waals surface area (Å²) in [5, 5.41) is 2.56. The molecule has 0 N–H and O–H groups in total. The third-order valence-corrected chi connectivity index (χ3v) is 4.59. The Bertz CT molecular complexity index is 794. The summed E-state index contributed by atoms with van der Waals surface area (Å²) < 4.78 is 1.15. The third kappa shape index (κ3) is 2.63. The largest absolute Gasteiger partial charge is 0.0619 e. The SMILES string of the molecule is CC(C)(C)c1ccccc1-c1ccc(Br)c2ccccc12. The fourth-order valence-electron chi connectivity index (χ4n) is 2.87. The predicted molar refractivity (Wildman–Crippen MR) is 95.8 cm³/mol. The number of rotatable bonds is 1. The number of hydrogen-bond acceptors (Lipinski definition) is 0. The van der Waals surface area contributed by atoms with E-state index in [0.29, 0.717) is 0 Å². The second-order valence-corrected chi connectivity index (χ2v) is 7.29. The van der Waals surface area contributed by atoms with Gasteiger partial charge in [0.25, 0.3) is 0 Å². The zero-order valence-corrected chi connectivity index (χ0v) is 14.2. The van der Waals surface area contributed by atoms with Gasteiger partial charge in [0.05, 0.1) is 0 Å². The highest BCUT2D eigenvalue weighted by atomic mass is 79.9. The summed E-state index contributed by atoms with van der Waals surface area (Å²) in [4.78, 5) is 0. The maximum absolute atomic E-state index is 3.66. The summed E-state index contributed by atoms with van der Waals surface area (Å²) in [5.74, 6) is 0. The minimum Gasteiger partial charge on any atom is -0.0619 e. The first kappa shape index (κ1) is 14.3. The van der Waals surface area contributed by atoms with Gasteiger partial charge in [-0.15, -0.1) is 0 Å². The predicted octanol–water partition coefficient (Wildman–Crippen LogP) is 6.57. The Labute approximate surface area is 134 Å². The highest BCUT2D eigenvalue weighted by Gasteiger charge is 2.19. The van der Waals surface area contributed by atoms with Gasteiger partial charge in [-0.1, -0.05) is 91.3 Å². The molecule has 0 unspecified atom stereocenters. The van der Waals surface area contributed by atoms with Crippen molar-refractivity contribution >= 4 is 26.7 Å². The molecule has 3 rings (SSSR count). The van der Waals surface area contributed by atoms with E-state index < -0.39 is 0 Å². The molecule has 0 atom stereocenters. The van der Waals surface area contributed by atoms with Gasteiger partial charge in [-0.3, -0.25) is 0 Å². The number of fused-ring (bicyclic) bond motifs is 1. The molecule has 0 bridgehead atoms. The van der Waals surface area contributed by atoms with Crippen molar-refractivity contribution in [3.63, 3.8) is 0 Å². The first-order valence-electron chi connectivity index (χ1n) is 7.25. The van der Waals surface area contributed by atoms with E-state index in [2.05, 4.69) is 97.4 Å². The van der Waals surface area contributed by atoms with Gasteiger partial charge in [-0.25, -0.2) is 0 Å². The highest BCUT2D eigenvalue weighted by Crippen LogP contribution is 2.38. The van der Waals surface area contributed by atoms with Gasteiger partial charge in [0.1, 0.15) is 0 Å². The lowest BCUT2D eigenvalue weighted by atomic mass is 9.81. The fourth-order valence-corrected chi connectivity index (χ4v) is 3.35. The van der Waals surface area contributed by atoms with E-state index >= 15 is 0 Å². The number of hydrogen-bond donors (Lipinski definition) is 0. The topological polar surface area (TPSA) is 0 Å². The van der Waals surface area contributed by atoms with Crippen LogP contribution in [-0.4, -0.2) is 0 Å². The lowest BCUT2D eigenvalue weighted by Gasteiger charge is -2.23. The molecule has 0 spiro atoms. The van der Waals surface area contributed by atoms with Crippen molar-refractivity contribution in [2.45, 2.75) is 26.2 Å². The molecule has 1 heteroatoms. The average molecular weight is 339 g/mol. The monoisotopic (exact) mass is 338 g/mol. The Balaban J connectivity index is 2.35. The Morgan fingerprint density at radius 3 is 2.00 bits per heavy atom. The molecular weight excluding hydrogens is 320 g/mol. The van der Waals surface area contributed by atoms with Crippen molar-refractivity contribution < 1.29 is 0 Å². The molecule has 3 aromatic rings. The smallest absolute Gasteiger partial charge is 0.0254 e. The first-order chi connectivity index (χ1) is 9.98. The molecule has 0 saturated heterocycles. The minimum atomic E-state index is 0.130. The van der Waals surface area contributed by atoms with E-state index in [0.717, 1.165) is 4.47 Å². The van der Waals surface area contributed by atoms with Crippen molar-refractivity contribution in [1.82, 2.24) is 0 Å². The lowest BCUT2D eigenvalue weighted by molar-refractivity contribution is 0.592. The van der Waals surface area contributed by atoms with Crippen molar-refractivity contribution in [3.05, 3.63) is 70.7 Å².